The summed E-state index contributed by atoms with van der Waals surface area (Å²) in [5.41, 5.74) is 3.42. The molecule has 3 rings (SSSR count). The largest absolute Gasteiger partial charge is 0.330 e. The number of sulfone groups is 1. The summed E-state index contributed by atoms with van der Waals surface area (Å²) in [7, 11) is -0.973. The number of anilines is 2. The van der Waals surface area contributed by atoms with Gasteiger partial charge in [0, 0.05) is 11.7 Å². The van der Waals surface area contributed by atoms with Crippen LogP contribution in [0.15, 0.2) is 18.2 Å². The predicted octanol–water partition coefficient (Wildman–Crippen LogP) is 3.11. The van der Waals surface area contributed by atoms with Crippen LogP contribution < -0.4 is 5.32 Å². The van der Waals surface area contributed by atoms with Gasteiger partial charge in [-0.05, 0) is 56.7 Å². The van der Waals surface area contributed by atoms with Crippen LogP contribution in [0.5, 0.6) is 0 Å². The second kappa shape index (κ2) is 7.14. The average molecular weight is 399 g/mol. The molecule has 0 amide bonds. The summed E-state index contributed by atoms with van der Waals surface area (Å²) in [6, 6.07) is 6.14. The number of hydrogen-bond donors (Lipinski definition) is 1. The van der Waals surface area contributed by atoms with E-state index in [0.717, 1.165) is 10.8 Å². The van der Waals surface area contributed by atoms with Crippen molar-refractivity contribution in [3.05, 3.63) is 33.3 Å². The smallest absolute Gasteiger partial charge is 0.209 e. The highest BCUT2D eigenvalue weighted by atomic mass is 32.2. The van der Waals surface area contributed by atoms with Crippen molar-refractivity contribution in [2.75, 3.05) is 23.9 Å². The molecule has 0 bridgehead atoms. The van der Waals surface area contributed by atoms with Crippen LogP contribution in [0.1, 0.15) is 17.5 Å². The minimum Gasteiger partial charge on any atom is -0.330 e. The Morgan fingerprint density at radius 2 is 2.20 bits per heavy atom. The zero-order valence-electron chi connectivity index (χ0n) is 14.5. The summed E-state index contributed by atoms with van der Waals surface area (Å²) >= 11 is 6.84. The van der Waals surface area contributed by atoms with Gasteiger partial charge in [-0.2, -0.15) is 0 Å². The van der Waals surface area contributed by atoms with Gasteiger partial charge in [0.1, 0.15) is 0 Å². The first kappa shape index (κ1) is 18.5. The number of nitrogens with zero attached hydrogens (tertiary/aromatic N) is 3. The number of rotatable bonds is 5. The third-order valence-corrected chi connectivity index (χ3v) is 7.61. The van der Waals surface area contributed by atoms with E-state index in [-0.39, 0.29) is 17.5 Å². The Labute approximate surface area is 157 Å². The molecule has 136 valence electrons. The maximum Gasteiger partial charge on any atom is 0.209 e. The van der Waals surface area contributed by atoms with E-state index in [9.17, 15) is 8.42 Å². The zero-order chi connectivity index (χ0) is 18.2. The van der Waals surface area contributed by atoms with Crippen molar-refractivity contribution < 1.29 is 8.42 Å². The van der Waals surface area contributed by atoms with E-state index in [1.54, 1.807) is 4.68 Å². The van der Waals surface area contributed by atoms with Crippen molar-refractivity contribution in [1.82, 2.24) is 14.7 Å². The minimum atomic E-state index is -2.89. The van der Waals surface area contributed by atoms with Crippen molar-refractivity contribution in [2.45, 2.75) is 33.0 Å². The summed E-state index contributed by atoms with van der Waals surface area (Å²) in [4.78, 5) is 2.02. The molecule has 1 aliphatic heterocycles. The normalized spacial score (nSPS) is 19.4. The molecule has 2 heterocycles. The van der Waals surface area contributed by atoms with Crippen molar-refractivity contribution in [3.63, 3.8) is 0 Å². The van der Waals surface area contributed by atoms with Gasteiger partial charge in [0.25, 0.3) is 0 Å². The minimum absolute atomic E-state index is 0.0315. The van der Waals surface area contributed by atoms with E-state index in [4.69, 9.17) is 12.2 Å². The summed E-state index contributed by atoms with van der Waals surface area (Å²) in [6.45, 7) is 4.64. The van der Waals surface area contributed by atoms with Crippen LogP contribution >= 0.6 is 23.6 Å². The lowest BCUT2D eigenvalue weighted by molar-refractivity contribution is 0.198. The van der Waals surface area contributed by atoms with Crippen molar-refractivity contribution >= 4 is 44.2 Å². The molecule has 1 aliphatic rings. The van der Waals surface area contributed by atoms with E-state index in [1.807, 2.05) is 24.1 Å². The lowest BCUT2D eigenvalue weighted by Crippen LogP contribution is -2.34. The maximum atomic E-state index is 11.7. The van der Waals surface area contributed by atoms with Gasteiger partial charge in [-0.15, -0.1) is 5.10 Å². The quantitative estimate of drug-likeness (QED) is 0.781. The summed E-state index contributed by atoms with van der Waals surface area (Å²) < 4.78 is 25.7. The van der Waals surface area contributed by atoms with Gasteiger partial charge in [0.05, 0.1) is 18.2 Å². The van der Waals surface area contributed by atoms with Gasteiger partial charge in [-0.3, -0.25) is 4.90 Å². The third-order valence-electron chi connectivity index (χ3n) is 4.64. The number of nitrogens with one attached hydrogen (secondary N) is 1. The van der Waals surface area contributed by atoms with Gasteiger partial charge < -0.3 is 5.32 Å². The van der Waals surface area contributed by atoms with Crippen LogP contribution in [0.2, 0.25) is 0 Å². The Balaban J connectivity index is 1.72. The first-order chi connectivity index (χ1) is 11.7. The van der Waals surface area contributed by atoms with E-state index in [0.29, 0.717) is 17.0 Å². The van der Waals surface area contributed by atoms with E-state index in [2.05, 4.69) is 30.3 Å². The molecule has 6 nitrogen and oxygen atoms in total. The molecular weight excluding hydrogens is 376 g/mol. The Hall–Kier alpha value is -1.29. The number of hydrogen-bond acceptors (Lipinski definition) is 7. The molecule has 0 unspecified atom stereocenters. The lowest BCUT2D eigenvalue weighted by atomic mass is 10.1. The van der Waals surface area contributed by atoms with Crippen LogP contribution in [0.4, 0.5) is 10.8 Å². The van der Waals surface area contributed by atoms with E-state index in [1.165, 1.54) is 22.5 Å². The fraction of sp³-hybridized carbons (Fsp3) is 0.500. The molecule has 0 radical (unpaired) electrons. The van der Waals surface area contributed by atoms with Gasteiger partial charge in [-0.25, -0.2) is 13.1 Å². The summed E-state index contributed by atoms with van der Waals surface area (Å²) in [5.74, 6) is 0.485. The summed E-state index contributed by atoms with van der Waals surface area (Å²) in [6.07, 6.45) is 0.671. The summed E-state index contributed by atoms with van der Waals surface area (Å²) in [5, 5.41) is 8.63. The molecule has 9 heteroatoms. The third kappa shape index (κ3) is 4.28. The lowest BCUT2D eigenvalue weighted by Gasteiger charge is -2.22. The molecule has 1 N–H and O–H groups in total. The van der Waals surface area contributed by atoms with Gasteiger partial charge in [0.15, 0.2) is 13.8 Å². The van der Waals surface area contributed by atoms with Gasteiger partial charge >= 0.3 is 0 Å². The highest BCUT2D eigenvalue weighted by Gasteiger charge is 2.30. The topological polar surface area (TPSA) is 67.2 Å². The number of aryl methyl sites for hydroxylation is 1. The maximum absolute atomic E-state index is 11.7. The Morgan fingerprint density at radius 1 is 1.44 bits per heavy atom. The van der Waals surface area contributed by atoms with Gasteiger partial charge in [0.2, 0.25) is 5.13 Å². The fourth-order valence-corrected chi connectivity index (χ4v) is 5.71. The molecule has 0 spiro atoms. The second-order valence-corrected chi connectivity index (χ2v) is 10.4. The van der Waals surface area contributed by atoms with Crippen molar-refractivity contribution in [1.29, 1.82) is 0 Å². The molecular formula is C16H22N4O2S3. The molecule has 1 fully saturated rings. The van der Waals surface area contributed by atoms with Crippen LogP contribution in [0.25, 0.3) is 0 Å². The molecule has 0 saturated carbocycles. The van der Waals surface area contributed by atoms with E-state index >= 15 is 0 Å². The number of benzene rings is 1. The Bertz CT molecular complexity index is 933. The standard InChI is InChI=1S/C16H22N4O2S3/c1-11-5-4-6-14(12(11)2)17-15-18-20(16(23)24-15)10-19(3)13-7-8-25(21,22)9-13/h4-6,13H,7-10H2,1-3H3,(H,17,18)/t13-/m0/s1. The monoisotopic (exact) mass is 398 g/mol. The molecule has 1 aromatic heterocycles. The van der Waals surface area contributed by atoms with Crippen molar-refractivity contribution in [2.24, 2.45) is 0 Å². The van der Waals surface area contributed by atoms with Crippen LogP contribution in [0, 0.1) is 17.8 Å². The molecule has 1 aromatic carbocycles. The van der Waals surface area contributed by atoms with Crippen LogP contribution in [-0.4, -0.2) is 47.7 Å². The van der Waals surface area contributed by atoms with Crippen molar-refractivity contribution in [3.8, 4) is 0 Å². The van der Waals surface area contributed by atoms with Crippen LogP contribution in [0.3, 0.4) is 0 Å². The molecule has 0 aliphatic carbocycles. The second-order valence-electron chi connectivity index (χ2n) is 6.50. The zero-order valence-corrected chi connectivity index (χ0v) is 17.0. The van der Waals surface area contributed by atoms with E-state index < -0.39 is 9.84 Å². The van der Waals surface area contributed by atoms with Crippen LogP contribution in [-0.2, 0) is 16.5 Å². The first-order valence-electron chi connectivity index (χ1n) is 8.07. The molecule has 1 atom stereocenters. The van der Waals surface area contributed by atoms with Gasteiger partial charge in [-0.1, -0.05) is 23.5 Å². The Kier molecular flexibility index (Phi) is 5.29. The first-order valence-corrected chi connectivity index (χ1v) is 11.1. The average Bonchev–Trinajstić information content (AvgIpc) is 3.06. The Morgan fingerprint density at radius 3 is 2.88 bits per heavy atom. The molecule has 2 aromatic rings. The predicted molar refractivity (Wildman–Crippen MR) is 105 cm³/mol. The fourth-order valence-electron chi connectivity index (χ4n) is 2.90. The molecule has 1 saturated heterocycles. The SMILES string of the molecule is Cc1cccc(Nc2nn(CN(C)[C@H]3CCS(=O)(=O)C3)c(=S)s2)c1C. The highest BCUT2D eigenvalue weighted by Crippen LogP contribution is 2.25. The highest BCUT2D eigenvalue weighted by molar-refractivity contribution is 7.91. The number of aromatic nitrogens is 2. The molecule has 25 heavy (non-hydrogen) atoms.